The molecule has 4 nitrogen and oxygen atoms in total. The van der Waals surface area contributed by atoms with Gasteiger partial charge < -0.3 is 9.88 Å². The van der Waals surface area contributed by atoms with Crippen LogP contribution >= 0.6 is 23.4 Å². The number of benzene rings is 2. The van der Waals surface area contributed by atoms with E-state index in [0.29, 0.717) is 20.8 Å². The van der Waals surface area contributed by atoms with Crippen molar-refractivity contribution < 1.29 is 4.79 Å². The summed E-state index contributed by atoms with van der Waals surface area (Å²) in [6.07, 6.45) is 1.93. The largest absolute Gasteiger partial charge is 0.318 e. The van der Waals surface area contributed by atoms with Gasteiger partial charge in [0.15, 0.2) is 5.17 Å². The maximum Gasteiger partial charge on any atom is 0.264 e. The van der Waals surface area contributed by atoms with Crippen LogP contribution in [0.25, 0.3) is 11.8 Å². The van der Waals surface area contributed by atoms with Crippen molar-refractivity contribution in [1.29, 1.82) is 0 Å². The second-order valence-corrected chi connectivity index (χ2v) is 8.86. The summed E-state index contributed by atoms with van der Waals surface area (Å²) >= 11 is 7.36. The molecule has 3 aromatic rings. The number of carbonyl (C=O) groups excluding carboxylic acids is 1. The summed E-state index contributed by atoms with van der Waals surface area (Å²) in [7, 11) is 0. The number of aromatic nitrogens is 1. The smallest absolute Gasteiger partial charge is 0.264 e. The minimum Gasteiger partial charge on any atom is -0.318 e. The molecule has 6 heteroatoms. The highest BCUT2D eigenvalue weighted by Gasteiger charge is 2.24. The van der Waals surface area contributed by atoms with E-state index in [-0.39, 0.29) is 5.91 Å². The minimum atomic E-state index is -0.142. The first-order valence-corrected chi connectivity index (χ1v) is 10.8. The van der Waals surface area contributed by atoms with Crippen molar-refractivity contribution in [1.82, 2.24) is 9.88 Å². The summed E-state index contributed by atoms with van der Waals surface area (Å²) in [5, 5.41) is 4.00. The highest BCUT2D eigenvalue weighted by molar-refractivity contribution is 8.18. The van der Waals surface area contributed by atoms with Gasteiger partial charge in [-0.1, -0.05) is 23.7 Å². The van der Waals surface area contributed by atoms with Gasteiger partial charge in [-0.05, 0) is 98.6 Å². The van der Waals surface area contributed by atoms with Crippen LogP contribution in [-0.2, 0) is 4.79 Å². The number of hydrogen-bond donors (Lipinski definition) is 1. The summed E-state index contributed by atoms with van der Waals surface area (Å²) in [6, 6.07) is 15.8. The molecule has 0 spiro atoms. The van der Waals surface area contributed by atoms with Crippen LogP contribution in [0, 0.1) is 27.7 Å². The molecule has 1 aliphatic heterocycles. The van der Waals surface area contributed by atoms with Crippen LogP contribution < -0.4 is 5.32 Å². The van der Waals surface area contributed by atoms with Crippen molar-refractivity contribution in [3.63, 3.8) is 0 Å². The van der Waals surface area contributed by atoms with Crippen molar-refractivity contribution in [2.45, 2.75) is 27.7 Å². The molecule has 0 bridgehead atoms. The molecule has 1 amide bonds. The maximum absolute atomic E-state index is 12.5. The fourth-order valence-electron chi connectivity index (χ4n) is 3.48. The molecular formula is C24H22ClN3OS. The van der Waals surface area contributed by atoms with Crippen molar-refractivity contribution in [2.75, 3.05) is 0 Å². The number of aryl methyl sites for hydroxylation is 3. The van der Waals surface area contributed by atoms with E-state index < -0.39 is 0 Å². The monoisotopic (exact) mass is 435 g/mol. The molecule has 1 N–H and O–H groups in total. The third kappa shape index (κ3) is 4.09. The first-order chi connectivity index (χ1) is 14.3. The van der Waals surface area contributed by atoms with Crippen LogP contribution in [0.3, 0.4) is 0 Å². The average molecular weight is 436 g/mol. The fourth-order valence-corrected chi connectivity index (χ4v) is 4.50. The Kier molecular flexibility index (Phi) is 5.58. The molecule has 2 aromatic carbocycles. The summed E-state index contributed by atoms with van der Waals surface area (Å²) in [5.41, 5.74) is 7.61. The topological polar surface area (TPSA) is 46.4 Å². The van der Waals surface area contributed by atoms with E-state index in [4.69, 9.17) is 11.6 Å². The molecule has 0 aliphatic carbocycles. The molecule has 0 saturated carbocycles. The van der Waals surface area contributed by atoms with Crippen LogP contribution in [0.15, 0.2) is 58.4 Å². The Morgan fingerprint density at radius 2 is 1.83 bits per heavy atom. The lowest BCUT2D eigenvalue weighted by molar-refractivity contribution is -0.115. The number of nitrogens with zero attached hydrogens (tertiary/aromatic N) is 2. The van der Waals surface area contributed by atoms with Gasteiger partial charge >= 0.3 is 0 Å². The predicted molar refractivity (Wildman–Crippen MR) is 127 cm³/mol. The van der Waals surface area contributed by atoms with E-state index in [0.717, 1.165) is 22.6 Å². The van der Waals surface area contributed by atoms with Gasteiger partial charge in [0.05, 0.1) is 10.6 Å². The van der Waals surface area contributed by atoms with Gasteiger partial charge in [0.2, 0.25) is 0 Å². The summed E-state index contributed by atoms with van der Waals surface area (Å²) in [5.74, 6) is -0.142. The number of hydrogen-bond acceptors (Lipinski definition) is 3. The number of rotatable bonds is 3. The first-order valence-electron chi connectivity index (χ1n) is 9.63. The van der Waals surface area contributed by atoms with Crippen molar-refractivity contribution in [3.8, 4) is 5.69 Å². The Balaban J connectivity index is 1.65. The van der Waals surface area contributed by atoms with E-state index in [1.165, 1.54) is 22.9 Å². The summed E-state index contributed by atoms with van der Waals surface area (Å²) < 4.78 is 2.22. The van der Waals surface area contributed by atoms with Gasteiger partial charge in [-0.2, -0.15) is 0 Å². The van der Waals surface area contributed by atoms with Gasteiger partial charge in [-0.15, -0.1) is 0 Å². The number of nitrogens with one attached hydrogen (secondary N) is 1. The number of carbonyl (C=O) groups is 1. The number of amides is 1. The van der Waals surface area contributed by atoms with E-state index in [2.05, 4.69) is 66.8 Å². The summed E-state index contributed by atoms with van der Waals surface area (Å²) in [6.45, 7) is 8.39. The highest BCUT2D eigenvalue weighted by atomic mass is 35.5. The molecule has 30 heavy (non-hydrogen) atoms. The van der Waals surface area contributed by atoms with Gasteiger partial charge in [-0.25, -0.2) is 4.99 Å². The molecule has 1 aliphatic rings. The van der Waals surface area contributed by atoms with E-state index in [1.807, 2.05) is 18.2 Å². The third-order valence-electron chi connectivity index (χ3n) is 5.20. The van der Waals surface area contributed by atoms with E-state index in [9.17, 15) is 4.79 Å². The number of amidine groups is 1. The Hall–Kier alpha value is -2.76. The molecule has 1 aromatic heterocycles. The Morgan fingerprint density at radius 1 is 1.03 bits per heavy atom. The quantitative estimate of drug-likeness (QED) is 0.494. The lowest BCUT2D eigenvalue weighted by atomic mass is 10.1. The van der Waals surface area contributed by atoms with Crippen LogP contribution in [0.4, 0.5) is 5.69 Å². The van der Waals surface area contributed by atoms with Crippen molar-refractivity contribution >= 4 is 46.2 Å². The molecule has 1 fully saturated rings. The zero-order chi connectivity index (χ0) is 21.4. The molecule has 152 valence electrons. The van der Waals surface area contributed by atoms with Crippen LogP contribution in [-0.4, -0.2) is 15.6 Å². The Morgan fingerprint density at radius 3 is 2.57 bits per heavy atom. The van der Waals surface area contributed by atoms with Gasteiger partial charge in [0.1, 0.15) is 0 Å². The maximum atomic E-state index is 12.5. The van der Waals surface area contributed by atoms with E-state index in [1.54, 1.807) is 12.1 Å². The number of aliphatic imine (C=N–C) groups is 1. The molecule has 0 unspecified atom stereocenters. The number of halogens is 1. The Labute approximate surface area is 185 Å². The van der Waals surface area contributed by atoms with Crippen LogP contribution in [0.2, 0.25) is 5.02 Å². The van der Waals surface area contributed by atoms with Crippen molar-refractivity contribution in [3.05, 3.63) is 86.5 Å². The number of thioether (sulfide) groups is 1. The molecule has 1 saturated heterocycles. The molecular weight excluding hydrogens is 414 g/mol. The van der Waals surface area contributed by atoms with Gasteiger partial charge in [0.25, 0.3) is 5.91 Å². The predicted octanol–water partition coefficient (Wildman–Crippen LogP) is 6.26. The summed E-state index contributed by atoms with van der Waals surface area (Å²) in [4.78, 5) is 17.6. The fraction of sp³-hybridized carbons (Fsp3) is 0.167. The molecule has 2 heterocycles. The zero-order valence-electron chi connectivity index (χ0n) is 17.3. The SMILES string of the molecule is Cc1ccc(-n2c(C)cc(/C=C3\SC(=Nc4cccc(Cl)c4)NC3=O)c2C)cc1C. The minimum absolute atomic E-state index is 0.142. The van der Waals surface area contributed by atoms with Crippen molar-refractivity contribution in [2.24, 2.45) is 4.99 Å². The standard InChI is InChI=1S/C24H22ClN3OS/c1-14-8-9-21(10-15(14)2)28-16(3)11-18(17(28)4)12-22-23(29)27-24(30-22)26-20-7-5-6-19(25)13-20/h5-13H,1-4H3,(H,26,27,29)/b22-12-. The van der Waals surface area contributed by atoms with Gasteiger partial charge in [0, 0.05) is 22.1 Å². The lowest BCUT2D eigenvalue weighted by Crippen LogP contribution is -2.19. The third-order valence-corrected chi connectivity index (χ3v) is 6.34. The molecule has 4 rings (SSSR count). The normalized spacial score (nSPS) is 16.5. The molecule has 0 atom stereocenters. The average Bonchev–Trinajstić information content (AvgIpc) is 3.16. The lowest BCUT2D eigenvalue weighted by Gasteiger charge is -2.11. The van der Waals surface area contributed by atoms with Crippen LogP contribution in [0.1, 0.15) is 28.1 Å². The van der Waals surface area contributed by atoms with E-state index >= 15 is 0 Å². The second-order valence-electron chi connectivity index (χ2n) is 7.39. The zero-order valence-corrected chi connectivity index (χ0v) is 18.9. The second kappa shape index (κ2) is 8.17. The van der Waals surface area contributed by atoms with Gasteiger partial charge in [-0.3, -0.25) is 4.79 Å². The first kappa shape index (κ1) is 20.5. The van der Waals surface area contributed by atoms with Crippen LogP contribution in [0.5, 0.6) is 0 Å². The Bertz CT molecular complexity index is 1220. The highest BCUT2D eigenvalue weighted by Crippen LogP contribution is 2.31. The molecule has 0 radical (unpaired) electrons.